The summed E-state index contributed by atoms with van der Waals surface area (Å²) in [5.74, 6) is -2.11. The van der Waals surface area contributed by atoms with Gasteiger partial charge < -0.3 is 70.6 Å². The fraction of sp³-hybridized carbons (Fsp3) is 0.692. The van der Waals surface area contributed by atoms with Crippen LogP contribution in [0.2, 0.25) is 0 Å². The Hall–Kier alpha value is -4.08. The SMILES string of the molecule is COCCOCCOCCOC(=O)NCCNC(=O)c1nc(N)c(C(=O)NCCNC(=O)OCCOCCOCCOC)nc1N. The van der Waals surface area contributed by atoms with Gasteiger partial charge in [-0.1, -0.05) is 0 Å². The lowest BCUT2D eigenvalue weighted by atomic mass is 10.3. The van der Waals surface area contributed by atoms with Crippen molar-refractivity contribution in [3.8, 4) is 0 Å². The fourth-order valence-electron chi connectivity index (χ4n) is 3.06. The van der Waals surface area contributed by atoms with Crippen LogP contribution >= 0.6 is 0 Å². The Morgan fingerprint density at radius 3 is 1.15 bits per heavy atom. The van der Waals surface area contributed by atoms with Crippen LogP contribution in [0.1, 0.15) is 21.0 Å². The topological polar surface area (TPSA) is 268 Å². The lowest BCUT2D eigenvalue weighted by molar-refractivity contribution is 0.0131. The maximum Gasteiger partial charge on any atom is 0.407 e. The van der Waals surface area contributed by atoms with Crippen molar-refractivity contribution in [2.75, 3.05) is 131 Å². The molecule has 8 N–H and O–H groups in total. The molecule has 0 spiro atoms. The van der Waals surface area contributed by atoms with E-state index in [-0.39, 0.29) is 75.6 Å². The largest absolute Gasteiger partial charge is 0.447 e. The molecule has 1 aromatic heterocycles. The van der Waals surface area contributed by atoms with E-state index in [1.54, 1.807) is 14.2 Å². The highest BCUT2D eigenvalue weighted by atomic mass is 16.6. The molecule has 0 radical (unpaired) electrons. The molecule has 0 aliphatic rings. The molecular weight excluding hydrogens is 616 g/mol. The number of carbonyl (C=O) groups excluding carboxylic acids is 4. The van der Waals surface area contributed by atoms with Crippen molar-refractivity contribution in [1.82, 2.24) is 31.2 Å². The van der Waals surface area contributed by atoms with Gasteiger partial charge in [-0.05, 0) is 0 Å². The number of nitrogens with two attached hydrogens (primary N) is 2. The first-order chi connectivity index (χ1) is 22.3. The zero-order chi connectivity index (χ0) is 33.8. The standard InChI is InChI=1S/C26H46N8O12/c1-39-7-9-41-11-13-43-15-17-45-25(37)31-5-3-29-23(35)19-21(27)34-20(22(28)33-19)24(36)30-4-6-32-26(38)46-18-16-44-14-12-42-10-8-40-2/h3-18H2,1-2H3,(H2,28,33)(H2,27,34)(H,29,35)(H,30,36)(H,31,37)(H,32,38). The van der Waals surface area contributed by atoms with Crippen molar-refractivity contribution < 1.29 is 57.1 Å². The molecule has 1 aromatic rings. The minimum absolute atomic E-state index is 0.0131. The summed E-state index contributed by atoms with van der Waals surface area (Å²) < 4.78 is 40.6. The Morgan fingerprint density at radius 2 is 0.804 bits per heavy atom. The van der Waals surface area contributed by atoms with Crippen LogP contribution in [-0.2, 0) is 37.9 Å². The third kappa shape index (κ3) is 19.3. The number of anilines is 2. The molecule has 0 aromatic carbocycles. The maximum atomic E-state index is 12.5. The normalized spacial score (nSPS) is 10.7. The van der Waals surface area contributed by atoms with E-state index in [4.69, 9.17) is 49.4 Å². The zero-order valence-electron chi connectivity index (χ0n) is 26.3. The summed E-state index contributed by atoms with van der Waals surface area (Å²) in [7, 11) is 3.16. The smallest absolute Gasteiger partial charge is 0.407 e. The van der Waals surface area contributed by atoms with Gasteiger partial charge in [0.15, 0.2) is 23.0 Å². The van der Waals surface area contributed by atoms with Gasteiger partial charge in [0.1, 0.15) is 13.2 Å². The molecule has 1 rings (SSSR count). The van der Waals surface area contributed by atoms with E-state index in [1.807, 2.05) is 0 Å². The van der Waals surface area contributed by atoms with Crippen LogP contribution in [0.5, 0.6) is 0 Å². The molecule has 46 heavy (non-hydrogen) atoms. The Bertz CT molecular complexity index is 957. The van der Waals surface area contributed by atoms with E-state index in [0.717, 1.165) is 0 Å². The van der Waals surface area contributed by atoms with Gasteiger partial charge in [0.05, 0.1) is 66.1 Å². The second-order valence-corrected chi connectivity index (χ2v) is 8.76. The highest BCUT2D eigenvalue weighted by molar-refractivity contribution is 6.00. The number of nitrogen functional groups attached to an aromatic ring is 2. The molecule has 0 aliphatic heterocycles. The first kappa shape index (κ1) is 39.9. The predicted molar refractivity (Wildman–Crippen MR) is 161 cm³/mol. The van der Waals surface area contributed by atoms with Gasteiger partial charge >= 0.3 is 12.2 Å². The monoisotopic (exact) mass is 662 g/mol. The zero-order valence-corrected chi connectivity index (χ0v) is 26.3. The van der Waals surface area contributed by atoms with Gasteiger partial charge in [-0.15, -0.1) is 0 Å². The number of hydrogen-bond acceptors (Lipinski definition) is 16. The summed E-state index contributed by atoms with van der Waals surface area (Å²) >= 11 is 0. The van der Waals surface area contributed by atoms with Crippen LogP contribution in [0.3, 0.4) is 0 Å². The molecule has 0 bridgehead atoms. The Kier molecular flexibility index (Phi) is 22.7. The van der Waals surface area contributed by atoms with Gasteiger partial charge in [0, 0.05) is 40.4 Å². The Morgan fingerprint density at radius 1 is 0.500 bits per heavy atom. The van der Waals surface area contributed by atoms with Crippen molar-refractivity contribution in [3.05, 3.63) is 11.4 Å². The average molecular weight is 663 g/mol. The molecule has 262 valence electrons. The van der Waals surface area contributed by atoms with Gasteiger partial charge in [-0.3, -0.25) is 9.59 Å². The molecule has 0 atom stereocenters. The van der Waals surface area contributed by atoms with Crippen molar-refractivity contribution in [1.29, 1.82) is 0 Å². The van der Waals surface area contributed by atoms with E-state index in [1.165, 1.54) is 0 Å². The lowest BCUT2D eigenvalue weighted by Crippen LogP contribution is -2.37. The minimum Gasteiger partial charge on any atom is -0.447 e. The second kappa shape index (κ2) is 26.2. The number of nitrogens with one attached hydrogen (secondary N) is 4. The minimum atomic E-state index is -0.719. The lowest BCUT2D eigenvalue weighted by Gasteiger charge is -2.11. The second-order valence-electron chi connectivity index (χ2n) is 8.76. The molecule has 4 amide bonds. The van der Waals surface area contributed by atoms with Crippen molar-refractivity contribution in [2.24, 2.45) is 0 Å². The summed E-state index contributed by atoms with van der Waals surface area (Å²) in [6.45, 7) is 4.01. The first-order valence-corrected chi connectivity index (χ1v) is 14.4. The summed E-state index contributed by atoms with van der Waals surface area (Å²) in [6, 6.07) is 0. The highest BCUT2D eigenvalue weighted by Gasteiger charge is 2.20. The molecule has 1 heterocycles. The number of hydrogen-bond donors (Lipinski definition) is 6. The van der Waals surface area contributed by atoms with Gasteiger partial charge in [-0.2, -0.15) is 0 Å². The van der Waals surface area contributed by atoms with Crippen molar-refractivity contribution in [2.45, 2.75) is 0 Å². The molecule has 0 aliphatic carbocycles. The van der Waals surface area contributed by atoms with E-state index < -0.39 is 24.0 Å². The van der Waals surface area contributed by atoms with Crippen molar-refractivity contribution in [3.63, 3.8) is 0 Å². The Labute approximate surface area is 266 Å². The van der Waals surface area contributed by atoms with E-state index in [2.05, 4.69) is 31.2 Å². The first-order valence-electron chi connectivity index (χ1n) is 14.4. The van der Waals surface area contributed by atoms with E-state index >= 15 is 0 Å². The van der Waals surface area contributed by atoms with E-state index in [0.29, 0.717) is 52.9 Å². The summed E-state index contributed by atoms with van der Waals surface area (Å²) in [4.78, 5) is 56.1. The summed E-state index contributed by atoms with van der Waals surface area (Å²) in [5, 5.41) is 9.91. The molecule has 20 heteroatoms. The molecule has 20 nitrogen and oxygen atoms in total. The number of aromatic nitrogens is 2. The number of carbonyl (C=O) groups is 4. The van der Waals surface area contributed by atoms with Gasteiger partial charge in [0.2, 0.25) is 0 Å². The average Bonchev–Trinajstić information content (AvgIpc) is 3.04. The number of ether oxygens (including phenoxy) is 8. The number of alkyl carbamates (subject to hydrolysis) is 2. The van der Waals surface area contributed by atoms with Crippen LogP contribution in [0.15, 0.2) is 0 Å². The molecule has 0 saturated heterocycles. The van der Waals surface area contributed by atoms with Crippen LogP contribution in [0, 0.1) is 0 Å². The van der Waals surface area contributed by atoms with E-state index in [9.17, 15) is 19.2 Å². The van der Waals surface area contributed by atoms with Crippen LogP contribution in [0.25, 0.3) is 0 Å². The number of methoxy groups -OCH3 is 2. The van der Waals surface area contributed by atoms with Crippen LogP contribution in [-0.4, -0.2) is 154 Å². The predicted octanol–water partition coefficient (Wildman–Crippen LogP) is -2.09. The number of amides is 4. The maximum absolute atomic E-state index is 12.5. The summed E-state index contributed by atoms with van der Waals surface area (Å²) in [5.41, 5.74) is 11.0. The molecule has 0 saturated carbocycles. The van der Waals surface area contributed by atoms with Crippen LogP contribution < -0.4 is 32.7 Å². The third-order valence-electron chi connectivity index (χ3n) is 5.27. The molecule has 0 unspecified atom stereocenters. The molecular formula is C26H46N8O12. The third-order valence-corrected chi connectivity index (χ3v) is 5.27. The van der Waals surface area contributed by atoms with Gasteiger partial charge in [-0.25, -0.2) is 19.6 Å². The fourth-order valence-corrected chi connectivity index (χ4v) is 3.06. The quantitative estimate of drug-likeness (QED) is 0.0581. The molecule has 0 fully saturated rings. The number of nitrogens with zero attached hydrogens (tertiary/aromatic N) is 2. The number of rotatable bonds is 26. The van der Waals surface area contributed by atoms with Gasteiger partial charge in [0.25, 0.3) is 11.8 Å². The Balaban J connectivity index is 2.22. The van der Waals surface area contributed by atoms with Crippen LogP contribution in [0.4, 0.5) is 21.2 Å². The highest BCUT2D eigenvalue weighted by Crippen LogP contribution is 2.13. The summed E-state index contributed by atoms with van der Waals surface area (Å²) in [6.07, 6.45) is -1.39. The van der Waals surface area contributed by atoms with Crippen molar-refractivity contribution >= 4 is 35.6 Å².